The maximum atomic E-state index is 12.3. The van der Waals surface area contributed by atoms with Crippen molar-refractivity contribution in [1.82, 2.24) is 15.1 Å². The van der Waals surface area contributed by atoms with E-state index in [1.165, 1.54) is 0 Å². The Labute approximate surface area is 147 Å². The fourth-order valence-corrected chi connectivity index (χ4v) is 3.43. The molecular formula is C17H27N3O5. The maximum Gasteiger partial charge on any atom is 0.325 e. The molecule has 0 aromatic carbocycles. The largest absolute Gasteiger partial charge is 0.456 e. The Hall–Kier alpha value is -2.12. The molecule has 0 radical (unpaired) electrons. The number of ether oxygens (including phenoxy) is 1. The number of rotatable bonds is 5. The Balaban J connectivity index is 1.78. The van der Waals surface area contributed by atoms with Crippen LogP contribution in [-0.2, 0) is 19.1 Å². The number of hydrogen-bond acceptors (Lipinski definition) is 5. The molecule has 2 aliphatic heterocycles. The monoisotopic (exact) mass is 353 g/mol. The summed E-state index contributed by atoms with van der Waals surface area (Å²) in [6.07, 6.45) is 2.86. The Morgan fingerprint density at radius 1 is 1.20 bits per heavy atom. The lowest BCUT2D eigenvalue weighted by atomic mass is 9.97. The average Bonchev–Trinajstić information content (AvgIpc) is 2.71. The second kappa shape index (κ2) is 7.41. The van der Waals surface area contributed by atoms with Crippen molar-refractivity contribution in [2.24, 2.45) is 0 Å². The van der Waals surface area contributed by atoms with Crippen LogP contribution in [0.5, 0.6) is 0 Å². The lowest BCUT2D eigenvalue weighted by molar-refractivity contribution is -0.155. The van der Waals surface area contributed by atoms with E-state index in [1.54, 1.807) is 18.7 Å². The van der Waals surface area contributed by atoms with E-state index in [0.29, 0.717) is 0 Å². The van der Waals surface area contributed by atoms with Gasteiger partial charge in [0.05, 0.1) is 6.42 Å². The number of urea groups is 1. The first-order valence-electron chi connectivity index (χ1n) is 8.74. The second-order valence-corrected chi connectivity index (χ2v) is 7.35. The minimum absolute atomic E-state index is 0.0579. The first-order chi connectivity index (χ1) is 11.6. The molecule has 25 heavy (non-hydrogen) atoms. The molecule has 0 saturated carbocycles. The highest BCUT2D eigenvalue weighted by atomic mass is 16.5. The van der Waals surface area contributed by atoms with Gasteiger partial charge in [0.25, 0.3) is 11.8 Å². The van der Waals surface area contributed by atoms with Gasteiger partial charge in [-0.2, -0.15) is 0 Å². The van der Waals surface area contributed by atoms with Crippen LogP contribution in [0, 0.1) is 0 Å². The Morgan fingerprint density at radius 2 is 1.80 bits per heavy atom. The van der Waals surface area contributed by atoms with Crippen LogP contribution in [0.1, 0.15) is 53.4 Å². The summed E-state index contributed by atoms with van der Waals surface area (Å²) in [5.41, 5.74) is -0.961. The van der Waals surface area contributed by atoms with Crippen LogP contribution < -0.4 is 5.32 Å². The average molecular weight is 353 g/mol. The molecule has 4 amide bonds. The number of carbonyl (C=O) groups is 4. The number of carbonyl (C=O) groups excluding carboxylic acids is 4. The fourth-order valence-electron chi connectivity index (χ4n) is 3.43. The van der Waals surface area contributed by atoms with Gasteiger partial charge < -0.3 is 15.0 Å². The molecule has 2 heterocycles. The number of nitrogens with zero attached hydrogens (tertiary/aromatic N) is 2. The van der Waals surface area contributed by atoms with Gasteiger partial charge in [0.2, 0.25) is 0 Å². The van der Waals surface area contributed by atoms with Crippen molar-refractivity contribution in [3.8, 4) is 0 Å². The summed E-state index contributed by atoms with van der Waals surface area (Å²) in [6, 6.07) is -0.235. The highest BCUT2D eigenvalue weighted by Gasteiger charge is 2.44. The molecule has 2 fully saturated rings. The van der Waals surface area contributed by atoms with Gasteiger partial charge in [-0.1, -0.05) is 0 Å². The summed E-state index contributed by atoms with van der Waals surface area (Å²) in [6.45, 7) is 6.83. The van der Waals surface area contributed by atoms with Crippen LogP contribution in [0.15, 0.2) is 0 Å². The van der Waals surface area contributed by atoms with Crippen LogP contribution in [0.3, 0.4) is 0 Å². The van der Waals surface area contributed by atoms with E-state index >= 15 is 0 Å². The summed E-state index contributed by atoms with van der Waals surface area (Å²) < 4.78 is 5.04. The quantitative estimate of drug-likeness (QED) is 0.588. The van der Waals surface area contributed by atoms with Crippen LogP contribution in [0.4, 0.5) is 4.79 Å². The van der Waals surface area contributed by atoms with Gasteiger partial charge in [0.1, 0.15) is 5.54 Å². The standard InChI is InChI=1S/C17H27N3O5/c1-11-6-5-7-12(2)20(11)13(21)10-25-14(22)8-9-19-15(23)17(3,4)18-16(19)24/h11-12H,5-10H2,1-4H3,(H,18,24)/t11-,12-/m1/s1. The molecule has 8 nitrogen and oxygen atoms in total. The number of piperidine rings is 1. The molecule has 140 valence electrons. The van der Waals surface area contributed by atoms with E-state index in [0.717, 1.165) is 24.2 Å². The van der Waals surface area contributed by atoms with Crippen molar-refractivity contribution in [1.29, 1.82) is 0 Å². The third-order valence-corrected chi connectivity index (χ3v) is 4.82. The number of hydrogen-bond donors (Lipinski definition) is 1. The molecule has 1 N–H and O–H groups in total. The van der Waals surface area contributed by atoms with Crippen molar-refractivity contribution in [3.63, 3.8) is 0 Å². The summed E-state index contributed by atoms with van der Waals surface area (Å²) in [4.78, 5) is 50.7. The number of esters is 1. The Kier molecular flexibility index (Phi) is 5.69. The Morgan fingerprint density at radius 3 is 2.32 bits per heavy atom. The van der Waals surface area contributed by atoms with E-state index in [1.807, 2.05) is 13.8 Å². The minimum atomic E-state index is -0.961. The summed E-state index contributed by atoms with van der Waals surface area (Å²) in [7, 11) is 0. The van der Waals surface area contributed by atoms with Gasteiger partial charge in [0, 0.05) is 18.6 Å². The summed E-state index contributed by atoms with van der Waals surface area (Å²) in [5, 5.41) is 2.54. The number of nitrogens with one attached hydrogen (secondary N) is 1. The highest BCUT2D eigenvalue weighted by Crippen LogP contribution is 2.22. The van der Waals surface area contributed by atoms with E-state index in [9.17, 15) is 19.2 Å². The molecule has 0 aliphatic carbocycles. The van der Waals surface area contributed by atoms with Crippen LogP contribution in [0.2, 0.25) is 0 Å². The fraction of sp³-hybridized carbons (Fsp3) is 0.765. The third-order valence-electron chi connectivity index (χ3n) is 4.82. The van der Waals surface area contributed by atoms with Crippen LogP contribution in [0.25, 0.3) is 0 Å². The maximum absolute atomic E-state index is 12.3. The molecular weight excluding hydrogens is 326 g/mol. The molecule has 0 unspecified atom stereocenters. The lowest BCUT2D eigenvalue weighted by Gasteiger charge is -2.38. The zero-order valence-electron chi connectivity index (χ0n) is 15.3. The second-order valence-electron chi connectivity index (χ2n) is 7.35. The number of imide groups is 1. The van der Waals surface area contributed by atoms with Gasteiger partial charge >= 0.3 is 12.0 Å². The first-order valence-corrected chi connectivity index (χ1v) is 8.74. The van der Waals surface area contributed by atoms with E-state index < -0.39 is 17.5 Å². The summed E-state index contributed by atoms with van der Waals surface area (Å²) in [5.74, 6) is -1.18. The smallest absolute Gasteiger partial charge is 0.325 e. The predicted octanol–water partition coefficient (Wildman–Crippen LogP) is 1.04. The summed E-state index contributed by atoms with van der Waals surface area (Å²) >= 11 is 0. The lowest BCUT2D eigenvalue weighted by Crippen LogP contribution is -2.49. The van der Waals surface area contributed by atoms with Gasteiger partial charge in [-0.3, -0.25) is 19.3 Å². The van der Waals surface area contributed by atoms with Crippen molar-refractivity contribution in [2.75, 3.05) is 13.2 Å². The SMILES string of the molecule is C[C@@H]1CCC[C@@H](C)N1C(=O)COC(=O)CCN1C(=O)NC(C)(C)C1=O. The first kappa shape index (κ1) is 19.2. The topological polar surface area (TPSA) is 96.0 Å². The normalized spacial score (nSPS) is 25.8. The molecule has 2 aliphatic rings. The van der Waals surface area contributed by atoms with Crippen molar-refractivity contribution < 1.29 is 23.9 Å². The van der Waals surface area contributed by atoms with Crippen LogP contribution in [-0.4, -0.2) is 64.4 Å². The molecule has 8 heteroatoms. The zero-order chi connectivity index (χ0) is 18.8. The molecule has 2 saturated heterocycles. The minimum Gasteiger partial charge on any atom is -0.456 e. The van der Waals surface area contributed by atoms with Crippen molar-refractivity contribution >= 4 is 23.8 Å². The molecule has 0 spiro atoms. The predicted molar refractivity (Wildman–Crippen MR) is 89.5 cm³/mol. The Bertz CT molecular complexity index is 565. The van der Waals surface area contributed by atoms with Crippen molar-refractivity contribution in [3.05, 3.63) is 0 Å². The third kappa shape index (κ3) is 4.29. The van der Waals surface area contributed by atoms with Crippen LogP contribution >= 0.6 is 0 Å². The molecule has 0 aromatic heterocycles. The number of amides is 4. The molecule has 2 rings (SSSR count). The van der Waals surface area contributed by atoms with Gasteiger partial charge in [-0.25, -0.2) is 4.79 Å². The molecule has 0 aromatic rings. The zero-order valence-corrected chi connectivity index (χ0v) is 15.3. The van der Waals surface area contributed by atoms with Crippen molar-refractivity contribution in [2.45, 2.75) is 71.0 Å². The molecule has 2 atom stereocenters. The van der Waals surface area contributed by atoms with E-state index in [4.69, 9.17) is 4.74 Å². The van der Waals surface area contributed by atoms with E-state index in [2.05, 4.69) is 5.32 Å². The van der Waals surface area contributed by atoms with Gasteiger partial charge in [-0.15, -0.1) is 0 Å². The van der Waals surface area contributed by atoms with E-state index in [-0.39, 0.29) is 43.5 Å². The van der Waals surface area contributed by atoms with Gasteiger partial charge in [0.15, 0.2) is 6.61 Å². The number of likely N-dealkylation sites (tertiary alicyclic amines) is 1. The highest BCUT2D eigenvalue weighted by molar-refractivity contribution is 6.06. The molecule has 0 bridgehead atoms. The van der Waals surface area contributed by atoms with Gasteiger partial charge in [-0.05, 0) is 47.0 Å².